The molecule has 0 saturated carbocycles. The Hall–Kier alpha value is -1.26. The van der Waals surface area contributed by atoms with Crippen molar-refractivity contribution in [1.82, 2.24) is 4.98 Å². The molecule has 4 nitrogen and oxygen atoms in total. The molecule has 0 N–H and O–H groups in total. The van der Waals surface area contributed by atoms with Gasteiger partial charge in [0.15, 0.2) is 0 Å². The van der Waals surface area contributed by atoms with E-state index in [1.165, 1.54) is 12.4 Å². The number of hydrogen-bond acceptors (Lipinski definition) is 3. The normalized spacial score (nSPS) is 11.6. The Balaban J connectivity index is 0. The molecular formula is C9H11Cl2N3O. The first-order valence-electron chi connectivity index (χ1n) is 3.80. The van der Waals surface area contributed by atoms with Gasteiger partial charge < -0.3 is 0 Å². The number of pyridine rings is 1. The van der Waals surface area contributed by atoms with Crippen molar-refractivity contribution in [2.45, 2.75) is 0 Å². The van der Waals surface area contributed by atoms with Crippen molar-refractivity contribution >= 4 is 43.2 Å². The van der Waals surface area contributed by atoms with Gasteiger partial charge in [0.25, 0.3) is 5.91 Å². The molecule has 6 heteroatoms. The number of halogens is 2. The molecule has 1 aliphatic rings. The highest BCUT2D eigenvalue weighted by molar-refractivity contribution is 6.20. The molecule has 1 aliphatic heterocycles. The molecule has 0 saturated heterocycles. The number of amides is 1. The first-order chi connectivity index (χ1) is 6.39. The van der Waals surface area contributed by atoms with Gasteiger partial charge in [0.2, 0.25) is 0 Å². The van der Waals surface area contributed by atoms with Gasteiger partial charge in [-0.25, -0.2) is 4.99 Å². The zero-order chi connectivity index (χ0) is 9.36. The summed E-state index contributed by atoms with van der Waals surface area (Å²) in [5, 5.41) is 0. The molecule has 82 valence electrons. The SMILES string of the molecule is Cl.Cl.O=C1CN=CC=N1.c1ccncc1. The predicted molar refractivity (Wildman–Crippen MR) is 65.6 cm³/mol. The third kappa shape index (κ3) is 9.05. The molecule has 0 aromatic carbocycles. The first kappa shape index (κ1) is 16.2. The lowest BCUT2D eigenvalue weighted by Gasteiger charge is -1.88. The summed E-state index contributed by atoms with van der Waals surface area (Å²) >= 11 is 0. The number of carbonyl (C=O) groups is 1. The Morgan fingerprint density at radius 2 is 1.67 bits per heavy atom. The van der Waals surface area contributed by atoms with E-state index >= 15 is 0 Å². The van der Waals surface area contributed by atoms with Gasteiger partial charge in [0, 0.05) is 24.8 Å². The molecule has 1 aromatic heterocycles. The molecule has 1 aromatic rings. The third-order valence-corrected chi connectivity index (χ3v) is 1.18. The number of rotatable bonds is 0. The van der Waals surface area contributed by atoms with Crippen LogP contribution in [0.1, 0.15) is 0 Å². The van der Waals surface area contributed by atoms with Gasteiger partial charge in [-0.1, -0.05) is 6.07 Å². The highest BCUT2D eigenvalue weighted by Crippen LogP contribution is 1.79. The van der Waals surface area contributed by atoms with Gasteiger partial charge in [-0.2, -0.15) is 0 Å². The van der Waals surface area contributed by atoms with E-state index in [9.17, 15) is 4.79 Å². The molecule has 2 rings (SSSR count). The van der Waals surface area contributed by atoms with E-state index < -0.39 is 0 Å². The quantitative estimate of drug-likeness (QED) is 0.700. The van der Waals surface area contributed by atoms with Crippen LogP contribution >= 0.6 is 24.8 Å². The minimum atomic E-state index is -0.164. The van der Waals surface area contributed by atoms with E-state index in [4.69, 9.17) is 0 Å². The van der Waals surface area contributed by atoms with Crippen LogP contribution in [-0.2, 0) is 4.79 Å². The number of aliphatic imine (C=N–C) groups is 2. The smallest absolute Gasteiger partial charge is 0.267 e. The molecule has 15 heavy (non-hydrogen) atoms. The summed E-state index contributed by atoms with van der Waals surface area (Å²) < 4.78 is 0. The third-order valence-electron chi connectivity index (χ3n) is 1.18. The maximum Gasteiger partial charge on any atom is 0.267 e. The average Bonchev–Trinajstić information content (AvgIpc) is 2.22. The van der Waals surface area contributed by atoms with E-state index in [1.54, 1.807) is 12.4 Å². The Morgan fingerprint density at radius 3 is 1.87 bits per heavy atom. The van der Waals surface area contributed by atoms with Crippen LogP contribution in [0.5, 0.6) is 0 Å². The summed E-state index contributed by atoms with van der Waals surface area (Å²) in [6, 6.07) is 5.72. The Morgan fingerprint density at radius 1 is 1.00 bits per heavy atom. The van der Waals surface area contributed by atoms with Crippen LogP contribution in [0.2, 0.25) is 0 Å². The topological polar surface area (TPSA) is 54.7 Å². The maximum absolute atomic E-state index is 10.2. The van der Waals surface area contributed by atoms with Crippen molar-refractivity contribution in [3.05, 3.63) is 30.6 Å². The lowest BCUT2D eigenvalue weighted by atomic mass is 10.5. The van der Waals surface area contributed by atoms with E-state index in [1.807, 2.05) is 18.2 Å². The van der Waals surface area contributed by atoms with E-state index in [2.05, 4.69) is 15.0 Å². The van der Waals surface area contributed by atoms with Crippen molar-refractivity contribution in [2.75, 3.05) is 6.54 Å². The highest BCUT2D eigenvalue weighted by atomic mass is 35.5. The van der Waals surface area contributed by atoms with Gasteiger partial charge >= 0.3 is 0 Å². The number of carbonyl (C=O) groups excluding carboxylic acids is 1. The van der Waals surface area contributed by atoms with Crippen LogP contribution < -0.4 is 0 Å². The summed E-state index contributed by atoms with van der Waals surface area (Å²) in [6.07, 6.45) is 6.41. The van der Waals surface area contributed by atoms with Crippen LogP contribution in [0.25, 0.3) is 0 Å². The van der Waals surface area contributed by atoms with Crippen LogP contribution in [0.4, 0.5) is 0 Å². The highest BCUT2D eigenvalue weighted by Gasteiger charge is 1.94. The van der Waals surface area contributed by atoms with Gasteiger partial charge in [-0.05, 0) is 12.1 Å². The zero-order valence-electron chi connectivity index (χ0n) is 7.81. The van der Waals surface area contributed by atoms with Crippen molar-refractivity contribution in [2.24, 2.45) is 9.98 Å². The number of hydrogen-bond donors (Lipinski definition) is 0. The van der Waals surface area contributed by atoms with E-state index in [0.29, 0.717) is 0 Å². The fraction of sp³-hybridized carbons (Fsp3) is 0.111. The van der Waals surface area contributed by atoms with E-state index in [-0.39, 0.29) is 37.3 Å². The largest absolute Gasteiger partial charge is 0.282 e. The molecule has 0 spiro atoms. The standard InChI is InChI=1S/C5H5N.C4H4N2O.2ClH/c1-2-4-6-5-3-1;7-4-3-5-1-2-6-4;;/h1-5H;1-2H,3H2;2*1H. The van der Waals surface area contributed by atoms with Crippen molar-refractivity contribution in [1.29, 1.82) is 0 Å². The first-order valence-corrected chi connectivity index (χ1v) is 3.80. The molecule has 0 aliphatic carbocycles. The Labute approximate surface area is 100 Å². The summed E-state index contributed by atoms with van der Waals surface area (Å²) in [4.78, 5) is 21.0. The molecule has 0 fully saturated rings. The second-order valence-electron chi connectivity index (χ2n) is 2.19. The van der Waals surface area contributed by atoms with Crippen molar-refractivity contribution in [3.63, 3.8) is 0 Å². The van der Waals surface area contributed by atoms with Gasteiger partial charge in [0.1, 0.15) is 6.54 Å². The summed E-state index contributed by atoms with van der Waals surface area (Å²) in [7, 11) is 0. The van der Waals surface area contributed by atoms with Gasteiger partial charge in [0.05, 0.1) is 0 Å². The zero-order valence-corrected chi connectivity index (χ0v) is 9.45. The van der Waals surface area contributed by atoms with E-state index in [0.717, 1.165) is 0 Å². The second-order valence-corrected chi connectivity index (χ2v) is 2.19. The maximum atomic E-state index is 10.2. The second kappa shape index (κ2) is 10.8. The minimum absolute atomic E-state index is 0. The summed E-state index contributed by atoms with van der Waals surface area (Å²) in [5.74, 6) is -0.164. The van der Waals surface area contributed by atoms with Crippen molar-refractivity contribution < 1.29 is 4.79 Å². The van der Waals surface area contributed by atoms with Gasteiger partial charge in [-0.15, -0.1) is 24.8 Å². The van der Waals surface area contributed by atoms with Crippen LogP contribution in [0, 0.1) is 0 Å². The number of nitrogens with zero attached hydrogens (tertiary/aromatic N) is 3. The Kier molecular flexibility index (Phi) is 11.7. The fourth-order valence-corrected chi connectivity index (χ4v) is 0.648. The predicted octanol–water partition coefficient (Wildman–Crippen LogP) is 1.59. The molecule has 0 unspecified atom stereocenters. The molecule has 1 amide bonds. The molecule has 2 heterocycles. The Bertz CT molecular complexity index is 288. The molecular weight excluding hydrogens is 237 g/mol. The van der Waals surface area contributed by atoms with Crippen LogP contribution in [0.15, 0.2) is 40.6 Å². The average molecular weight is 248 g/mol. The lowest BCUT2D eigenvalue weighted by molar-refractivity contribution is -0.116. The van der Waals surface area contributed by atoms with Crippen LogP contribution in [-0.4, -0.2) is 29.9 Å². The van der Waals surface area contributed by atoms with Crippen molar-refractivity contribution in [3.8, 4) is 0 Å². The fourth-order valence-electron chi connectivity index (χ4n) is 0.648. The monoisotopic (exact) mass is 247 g/mol. The van der Waals surface area contributed by atoms with Crippen LogP contribution in [0.3, 0.4) is 0 Å². The lowest BCUT2D eigenvalue weighted by Crippen LogP contribution is -2.03. The molecule has 0 atom stereocenters. The summed E-state index contributed by atoms with van der Waals surface area (Å²) in [5.41, 5.74) is 0. The number of aromatic nitrogens is 1. The molecule has 0 bridgehead atoms. The van der Waals surface area contributed by atoms with Gasteiger partial charge in [-0.3, -0.25) is 14.8 Å². The summed E-state index contributed by atoms with van der Waals surface area (Å²) in [6.45, 7) is 0.219. The molecule has 0 radical (unpaired) electrons. The minimum Gasteiger partial charge on any atom is -0.282 e.